The molecular formula is C14H21N5O5. The molecule has 132 valence electrons. The van der Waals surface area contributed by atoms with Crippen LogP contribution in [-0.2, 0) is 16.1 Å². The van der Waals surface area contributed by atoms with Crippen LogP contribution in [0.4, 0.5) is 10.5 Å². The van der Waals surface area contributed by atoms with Gasteiger partial charge in [-0.3, -0.25) is 19.6 Å². The van der Waals surface area contributed by atoms with Gasteiger partial charge in [0.05, 0.1) is 11.5 Å². The number of aryl methyl sites for hydroxylation is 2. The largest absolute Gasteiger partial charge is 0.450 e. The van der Waals surface area contributed by atoms with E-state index in [0.717, 1.165) is 0 Å². The lowest BCUT2D eigenvalue weighted by Gasteiger charge is -2.34. The van der Waals surface area contributed by atoms with E-state index in [9.17, 15) is 19.7 Å². The van der Waals surface area contributed by atoms with Gasteiger partial charge in [0.15, 0.2) is 0 Å². The number of carbonyl (C=O) groups is 2. The van der Waals surface area contributed by atoms with Gasteiger partial charge in [0.25, 0.3) is 0 Å². The van der Waals surface area contributed by atoms with Gasteiger partial charge in [0.2, 0.25) is 5.91 Å². The molecule has 10 heteroatoms. The number of hydrogen-bond donors (Lipinski definition) is 0. The zero-order valence-electron chi connectivity index (χ0n) is 13.8. The van der Waals surface area contributed by atoms with Gasteiger partial charge in [-0.25, -0.2) is 4.79 Å². The molecule has 1 aromatic rings. The molecule has 0 saturated carbocycles. The van der Waals surface area contributed by atoms with Crippen LogP contribution in [0.3, 0.4) is 0 Å². The fourth-order valence-electron chi connectivity index (χ4n) is 2.52. The van der Waals surface area contributed by atoms with Crippen LogP contribution >= 0.6 is 0 Å². The maximum atomic E-state index is 12.2. The minimum Gasteiger partial charge on any atom is -0.450 e. The molecule has 2 heterocycles. The molecular weight excluding hydrogens is 318 g/mol. The summed E-state index contributed by atoms with van der Waals surface area (Å²) in [5.41, 5.74) is 0.279. The Bertz CT molecular complexity index is 621. The Balaban J connectivity index is 1.81. The predicted molar refractivity (Wildman–Crippen MR) is 83.4 cm³/mol. The first kappa shape index (κ1) is 17.7. The number of rotatable bonds is 5. The molecule has 0 atom stereocenters. The lowest BCUT2D eigenvalue weighted by atomic mass is 10.3. The topological polar surface area (TPSA) is 111 Å². The highest BCUT2D eigenvalue weighted by molar-refractivity contribution is 5.76. The lowest BCUT2D eigenvalue weighted by molar-refractivity contribution is -0.385. The maximum absolute atomic E-state index is 12.2. The van der Waals surface area contributed by atoms with Crippen molar-refractivity contribution in [3.63, 3.8) is 0 Å². The summed E-state index contributed by atoms with van der Waals surface area (Å²) < 4.78 is 6.35. The Morgan fingerprint density at radius 2 is 1.92 bits per heavy atom. The third-order valence-electron chi connectivity index (χ3n) is 3.83. The van der Waals surface area contributed by atoms with Crippen molar-refractivity contribution >= 4 is 17.7 Å². The number of carbonyl (C=O) groups excluding carboxylic acids is 2. The Kier molecular flexibility index (Phi) is 5.72. The van der Waals surface area contributed by atoms with E-state index in [2.05, 4.69) is 5.10 Å². The summed E-state index contributed by atoms with van der Waals surface area (Å²) in [5.74, 6) is -0.0608. The van der Waals surface area contributed by atoms with Crippen molar-refractivity contribution < 1.29 is 19.2 Å². The van der Waals surface area contributed by atoms with Crippen LogP contribution in [0.5, 0.6) is 0 Å². The molecule has 1 aliphatic rings. The highest BCUT2D eigenvalue weighted by atomic mass is 16.6. The molecule has 0 spiro atoms. The average Bonchev–Trinajstić information content (AvgIpc) is 2.94. The molecule has 0 bridgehead atoms. The van der Waals surface area contributed by atoms with Gasteiger partial charge in [0, 0.05) is 39.1 Å². The normalized spacial score (nSPS) is 14.6. The third-order valence-corrected chi connectivity index (χ3v) is 3.83. The Morgan fingerprint density at radius 3 is 2.46 bits per heavy atom. The quantitative estimate of drug-likeness (QED) is 0.579. The van der Waals surface area contributed by atoms with E-state index in [4.69, 9.17) is 4.74 Å². The van der Waals surface area contributed by atoms with Gasteiger partial charge in [-0.2, -0.15) is 5.10 Å². The standard InChI is InChI=1S/C14H21N5O5/c1-3-24-14(21)17-8-6-16(7-9-17)13(20)4-5-18-10-12(19(22)23)11(2)15-18/h10H,3-9H2,1-2H3. The highest BCUT2D eigenvalue weighted by Crippen LogP contribution is 2.15. The van der Waals surface area contributed by atoms with Crippen LogP contribution in [-0.4, -0.2) is 69.3 Å². The van der Waals surface area contributed by atoms with Crippen molar-refractivity contribution in [2.24, 2.45) is 0 Å². The van der Waals surface area contributed by atoms with Gasteiger partial charge in [-0.05, 0) is 13.8 Å². The zero-order chi connectivity index (χ0) is 17.7. The Morgan fingerprint density at radius 1 is 1.29 bits per heavy atom. The summed E-state index contributed by atoms with van der Waals surface area (Å²) in [4.78, 5) is 37.4. The Labute approximate surface area is 139 Å². The molecule has 1 aromatic heterocycles. The number of nitro groups is 1. The molecule has 0 aromatic carbocycles. The molecule has 0 radical (unpaired) electrons. The summed E-state index contributed by atoms with van der Waals surface area (Å²) in [7, 11) is 0. The summed E-state index contributed by atoms with van der Waals surface area (Å²) in [6, 6.07) is 0. The Hall–Kier alpha value is -2.65. The maximum Gasteiger partial charge on any atom is 0.409 e. The predicted octanol–water partition coefficient (Wildman–Crippen LogP) is 0.791. The molecule has 2 rings (SSSR count). The third kappa shape index (κ3) is 4.21. The second kappa shape index (κ2) is 7.75. The molecule has 1 fully saturated rings. The van der Waals surface area contributed by atoms with Crippen molar-refractivity contribution in [3.8, 4) is 0 Å². The minimum absolute atomic E-state index is 0.0505. The molecule has 2 amide bonds. The fraction of sp³-hybridized carbons (Fsp3) is 0.643. The first-order valence-electron chi connectivity index (χ1n) is 7.80. The molecule has 10 nitrogen and oxygen atoms in total. The van der Waals surface area contributed by atoms with Gasteiger partial charge in [-0.15, -0.1) is 0 Å². The summed E-state index contributed by atoms with van der Waals surface area (Å²) in [5, 5.41) is 14.8. The number of piperazine rings is 1. The summed E-state index contributed by atoms with van der Waals surface area (Å²) in [6.07, 6.45) is 1.18. The van der Waals surface area contributed by atoms with Crippen LogP contribution in [0.25, 0.3) is 0 Å². The van der Waals surface area contributed by atoms with E-state index >= 15 is 0 Å². The first-order chi connectivity index (χ1) is 11.4. The average molecular weight is 339 g/mol. The molecule has 0 unspecified atom stereocenters. The van der Waals surface area contributed by atoms with E-state index in [0.29, 0.717) is 38.5 Å². The molecule has 1 saturated heterocycles. The lowest BCUT2D eigenvalue weighted by Crippen LogP contribution is -2.50. The SMILES string of the molecule is CCOC(=O)N1CCN(C(=O)CCn2cc([N+](=O)[O-])c(C)n2)CC1. The number of amides is 2. The number of hydrogen-bond acceptors (Lipinski definition) is 6. The van der Waals surface area contributed by atoms with Gasteiger partial charge in [0.1, 0.15) is 11.9 Å². The van der Waals surface area contributed by atoms with E-state index in [1.54, 1.807) is 23.6 Å². The van der Waals surface area contributed by atoms with Crippen LogP contribution in [0.15, 0.2) is 6.20 Å². The van der Waals surface area contributed by atoms with Gasteiger partial charge in [-0.1, -0.05) is 0 Å². The van der Waals surface area contributed by atoms with E-state index in [1.807, 2.05) is 0 Å². The second-order valence-corrected chi connectivity index (χ2v) is 5.44. The monoisotopic (exact) mass is 339 g/mol. The van der Waals surface area contributed by atoms with E-state index in [1.165, 1.54) is 10.9 Å². The minimum atomic E-state index is -0.491. The molecule has 1 aliphatic heterocycles. The highest BCUT2D eigenvalue weighted by Gasteiger charge is 2.25. The van der Waals surface area contributed by atoms with Crippen LogP contribution < -0.4 is 0 Å². The fourth-order valence-corrected chi connectivity index (χ4v) is 2.52. The van der Waals surface area contributed by atoms with Crippen molar-refractivity contribution in [2.45, 2.75) is 26.8 Å². The van der Waals surface area contributed by atoms with Gasteiger partial charge >= 0.3 is 11.8 Å². The van der Waals surface area contributed by atoms with Gasteiger partial charge < -0.3 is 14.5 Å². The van der Waals surface area contributed by atoms with Crippen molar-refractivity contribution in [1.82, 2.24) is 19.6 Å². The van der Waals surface area contributed by atoms with E-state index in [-0.39, 0.29) is 30.7 Å². The van der Waals surface area contributed by atoms with Crippen LogP contribution in [0.1, 0.15) is 19.0 Å². The smallest absolute Gasteiger partial charge is 0.409 e. The molecule has 0 N–H and O–H groups in total. The first-order valence-corrected chi connectivity index (χ1v) is 7.80. The number of aromatic nitrogens is 2. The van der Waals surface area contributed by atoms with Crippen LogP contribution in [0.2, 0.25) is 0 Å². The summed E-state index contributed by atoms with van der Waals surface area (Å²) >= 11 is 0. The van der Waals surface area contributed by atoms with Crippen molar-refractivity contribution in [3.05, 3.63) is 22.0 Å². The van der Waals surface area contributed by atoms with Crippen LogP contribution in [0, 0.1) is 17.0 Å². The molecule has 0 aliphatic carbocycles. The molecule has 24 heavy (non-hydrogen) atoms. The number of ether oxygens (including phenoxy) is 1. The number of nitrogens with zero attached hydrogens (tertiary/aromatic N) is 5. The second-order valence-electron chi connectivity index (χ2n) is 5.44. The van der Waals surface area contributed by atoms with Crippen molar-refractivity contribution in [1.29, 1.82) is 0 Å². The zero-order valence-corrected chi connectivity index (χ0v) is 13.8. The summed E-state index contributed by atoms with van der Waals surface area (Å²) in [6.45, 7) is 5.71. The van der Waals surface area contributed by atoms with E-state index < -0.39 is 4.92 Å². The van der Waals surface area contributed by atoms with Crippen molar-refractivity contribution in [2.75, 3.05) is 32.8 Å².